The summed E-state index contributed by atoms with van der Waals surface area (Å²) in [5.74, 6) is 1.61. The van der Waals surface area contributed by atoms with E-state index in [0.717, 1.165) is 34.6 Å². The molecular formula is C19H16N4OS. The Labute approximate surface area is 149 Å². The Hall–Kier alpha value is -2.73. The van der Waals surface area contributed by atoms with Gasteiger partial charge in [0.05, 0.1) is 0 Å². The molecule has 0 amide bonds. The molecule has 1 aliphatic heterocycles. The highest BCUT2D eigenvalue weighted by atomic mass is 32.1. The molecule has 1 unspecified atom stereocenters. The van der Waals surface area contributed by atoms with E-state index in [-0.39, 0.29) is 11.8 Å². The molecule has 0 saturated carbocycles. The fourth-order valence-corrected chi connectivity index (χ4v) is 4.39. The van der Waals surface area contributed by atoms with Gasteiger partial charge in [-0.2, -0.15) is 4.98 Å². The van der Waals surface area contributed by atoms with E-state index in [1.807, 2.05) is 46.5 Å². The highest BCUT2D eigenvalue weighted by Crippen LogP contribution is 2.41. The molecule has 1 aromatic carbocycles. The number of hydrogen-bond acceptors (Lipinski definition) is 5. The Balaban J connectivity index is 1.68. The number of rotatable bonds is 2. The van der Waals surface area contributed by atoms with Gasteiger partial charge < -0.3 is 5.32 Å². The first-order chi connectivity index (χ1) is 12.3. The minimum absolute atomic E-state index is 0.177. The predicted molar refractivity (Wildman–Crippen MR) is 97.4 cm³/mol. The van der Waals surface area contributed by atoms with E-state index in [4.69, 9.17) is 10.1 Å². The summed E-state index contributed by atoms with van der Waals surface area (Å²) in [7, 11) is 0. The SMILES string of the molecule is O=C1CCCC2=C1C(c1cccs1)n1nc(-c3ccccc3)nc1N2. The lowest BCUT2D eigenvalue weighted by Crippen LogP contribution is -2.31. The van der Waals surface area contributed by atoms with Gasteiger partial charge >= 0.3 is 0 Å². The first-order valence-corrected chi connectivity index (χ1v) is 9.28. The van der Waals surface area contributed by atoms with E-state index in [2.05, 4.69) is 11.4 Å². The smallest absolute Gasteiger partial charge is 0.226 e. The van der Waals surface area contributed by atoms with Crippen LogP contribution >= 0.6 is 11.3 Å². The van der Waals surface area contributed by atoms with Gasteiger partial charge in [-0.05, 0) is 24.3 Å². The number of allylic oxidation sites excluding steroid dienone is 2. The van der Waals surface area contributed by atoms with Crippen molar-refractivity contribution < 1.29 is 4.79 Å². The number of fused-ring (bicyclic) bond motifs is 1. The van der Waals surface area contributed by atoms with E-state index < -0.39 is 0 Å². The van der Waals surface area contributed by atoms with Crippen molar-refractivity contribution >= 4 is 23.1 Å². The summed E-state index contributed by atoms with van der Waals surface area (Å²) in [6.45, 7) is 0. The van der Waals surface area contributed by atoms with Gasteiger partial charge in [-0.1, -0.05) is 36.4 Å². The zero-order valence-electron chi connectivity index (χ0n) is 13.5. The maximum Gasteiger partial charge on any atom is 0.226 e. The molecule has 0 spiro atoms. The number of hydrogen-bond donors (Lipinski definition) is 1. The Morgan fingerprint density at radius 3 is 2.80 bits per heavy atom. The van der Waals surface area contributed by atoms with Gasteiger partial charge in [-0.3, -0.25) is 4.79 Å². The standard InChI is InChI=1S/C19H16N4OS/c24-14-9-4-8-13-16(14)17(15-10-5-11-25-15)23-19(20-13)21-18(22-23)12-6-2-1-3-7-12/h1-3,5-7,10-11,17H,4,8-9H2,(H,20,21,22). The van der Waals surface area contributed by atoms with Gasteiger partial charge in [0.2, 0.25) is 5.95 Å². The Kier molecular flexibility index (Phi) is 3.31. The number of thiophene rings is 1. The molecule has 124 valence electrons. The minimum atomic E-state index is -0.177. The molecule has 1 atom stereocenters. The monoisotopic (exact) mass is 348 g/mol. The lowest BCUT2D eigenvalue weighted by Gasteiger charge is -2.31. The summed E-state index contributed by atoms with van der Waals surface area (Å²) in [6.07, 6.45) is 2.38. The molecule has 0 bridgehead atoms. The van der Waals surface area contributed by atoms with E-state index in [9.17, 15) is 4.79 Å². The summed E-state index contributed by atoms with van der Waals surface area (Å²) < 4.78 is 1.87. The maximum atomic E-state index is 12.7. The quantitative estimate of drug-likeness (QED) is 0.760. The second-order valence-corrected chi connectivity index (χ2v) is 7.26. The van der Waals surface area contributed by atoms with Gasteiger partial charge in [0.1, 0.15) is 6.04 Å². The van der Waals surface area contributed by atoms with Crippen LogP contribution in [0.1, 0.15) is 30.2 Å². The third-order valence-corrected chi connectivity index (χ3v) is 5.64. The lowest BCUT2D eigenvalue weighted by atomic mass is 9.88. The number of nitrogens with one attached hydrogen (secondary N) is 1. The third-order valence-electron chi connectivity index (χ3n) is 4.71. The summed E-state index contributed by atoms with van der Waals surface area (Å²) in [5.41, 5.74) is 2.83. The summed E-state index contributed by atoms with van der Waals surface area (Å²) in [4.78, 5) is 18.5. The number of aromatic nitrogens is 3. The molecule has 25 heavy (non-hydrogen) atoms. The average molecular weight is 348 g/mol. The van der Waals surface area contributed by atoms with Crippen LogP contribution < -0.4 is 5.32 Å². The molecule has 3 aromatic rings. The summed E-state index contributed by atoms with van der Waals surface area (Å²) in [5, 5.41) is 10.2. The molecular weight excluding hydrogens is 332 g/mol. The molecule has 0 fully saturated rings. The van der Waals surface area contributed by atoms with Crippen LogP contribution in [0.3, 0.4) is 0 Å². The predicted octanol–water partition coefficient (Wildman–Crippen LogP) is 4.03. The Bertz CT molecular complexity index is 972. The minimum Gasteiger partial charge on any atom is -0.328 e. The van der Waals surface area contributed by atoms with E-state index >= 15 is 0 Å². The second-order valence-electron chi connectivity index (χ2n) is 6.28. The number of nitrogens with zero attached hydrogens (tertiary/aromatic N) is 3. The van der Waals surface area contributed by atoms with Crippen molar-refractivity contribution in [3.05, 3.63) is 64.0 Å². The van der Waals surface area contributed by atoms with E-state index in [1.165, 1.54) is 0 Å². The maximum absolute atomic E-state index is 12.7. The van der Waals surface area contributed by atoms with Gasteiger partial charge in [0, 0.05) is 28.1 Å². The Morgan fingerprint density at radius 2 is 2.00 bits per heavy atom. The normalized spacial score (nSPS) is 19.4. The molecule has 2 aliphatic rings. The van der Waals surface area contributed by atoms with Crippen molar-refractivity contribution in [3.63, 3.8) is 0 Å². The first kappa shape index (κ1) is 14.6. The fourth-order valence-electron chi connectivity index (χ4n) is 3.58. The number of ketones is 1. The molecule has 0 saturated heterocycles. The zero-order chi connectivity index (χ0) is 16.8. The van der Waals surface area contributed by atoms with Gasteiger partial charge in [-0.15, -0.1) is 16.4 Å². The van der Waals surface area contributed by atoms with Crippen LogP contribution in [-0.2, 0) is 4.79 Å². The van der Waals surface area contributed by atoms with Crippen molar-refractivity contribution in [1.29, 1.82) is 0 Å². The van der Waals surface area contributed by atoms with Crippen LogP contribution in [0.4, 0.5) is 5.95 Å². The van der Waals surface area contributed by atoms with Crippen LogP contribution in [0.15, 0.2) is 59.1 Å². The van der Waals surface area contributed by atoms with Crippen LogP contribution in [0, 0.1) is 0 Å². The van der Waals surface area contributed by atoms with Crippen LogP contribution in [-0.4, -0.2) is 20.5 Å². The second kappa shape index (κ2) is 5.67. The zero-order valence-corrected chi connectivity index (χ0v) is 14.3. The summed E-state index contributed by atoms with van der Waals surface area (Å²) >= 11 is 1.65. The van der Waals surface area contributed by atoms with E-state index in [1.54, 1.807) is 11.3 Å². The molecule has 5 nitrogen and oxygen atoms in total. The molecule has 5 rings (SSSR count). The van der Waals surface area contributed by atoms with Crippen molar-refractivity contribution in [2.24, 2.45) is 0 Å². The lowest BCUT2D eigenvalue weighted by molar-refractivity contribution is -0.116. The molecule has 1 aliphatic carbocycles. The van der Waals surface area contributed by atoms with Crippen LogP contribution in [0.5, 0.6) is 0 Å². The van der Waals surface area contributed by atoms with Crippen LogP contribution in [0.25, 0.3) is 11.4 Å². The third kappa shape index (κ3) is 2.33. The van der Waals surface area contributed by atoms with Crippen molar-refractivity contribution in [2.75, 3.05) is 5.32 Å². The van der Waals surface area contributed by atoms with Crippen molar-refractivity contribution in [1.82, 2.24) is 14.8 Å². The largest absolute Gasteiger partial charge is 0.328 e. The molecule has 3 heterocycles. The topological polar surface area (TPSA) is 59.8 Å². The highest BCUT2D eigenvalue weighted by Gasteiger charge is 2.37. The first-order valence-electron chi connectivity index (χ1n) is 8.40. The number of carbonyl (C=O) groups excluding carboxylic acids is 1. The van der Waals surface area contributed by atoms with Crippen molar-refractivity contribution in [2.45, 2.75) is 25.3 Å². The molecule has 6 heteroatoms. The van der Waals surface area contributed by atoms with Gasteiger partial charge in [-0.25, -0.2) is 4.68 Å². The summed E-state index contributed by atoms with van der Waals surface area (Å²) in [6, 6.07) is 13.8. The fraction of sp³-hybridized carbons (Fsp3) is 0.211. The number of Topliss-reactive ketones (excluding diaryl/α,β-unsaturated/α-hetero) is 1. The molecule has 1 N–H and O–H groups in total. The molecule has 0 radical (unpaired) electrons. The highest BCUT2D eigenvalue weighted by molar-refractivity contribution is 7.10. The molecule has 2 aromatic heterocycles. The number of carbonyl (C=O) groups is 1. The van der Waals surface area contributed by atoms with Gasteiger partial charge in [0.25, 0.3) is 0 Å². The van der Waals surface area contributed by atoms with Crippen LogP contribution in [0.2, 0.25) is 0 Å². The van der Waals surface area contributed by atoms with Crippen molar-refractivity contribution in [3.8, 4) is 11.4 Å². The number of anilines is 1. The van der Waals surface area contributed by atoms with Gasteiger partial charge in [0.15, 0.2) is 11.6 Å². The van der Waals surface area contributed by atoms with E-state index in [0.29, 0.717) is 18.2 Å². The Morgan fingerprint density at radius 1 is 1.12 bits per heavy atom. The average Bonchev–Trinajstić information content (AvgIpc) is 3.30. The number of benzene rings is 1.